The Labute approximate surface area is 113 Å². The van der Waals surface area contributed by atoms with Gasteiger partial charge in [-0.1, -0.05) is 5.16 Å². The zero-order valence-corrected chi connectivity index (χ0v) is 11.4. The molecule has 18 heavy (non-hydrogen) atoms. The zero-order chi connectivity index (χ0) is 12.4. The summed E-state index contributed by atoms with van der Waals surface area (Å²) in [6.45, 7) is 0.809. The van der Waals surface area contributed by atoms with Gasteiger partial charge in [0.25, 0.3) is 0 Å². The summed E-state index contributed by atoms with van der Waals surface area (Å²) in [5, 5.41) is 10.3. The molecule has 0 radical (unpaired) electrons. The van der Waals surface area contributed by atoms with E-state index < -0.39 is 0 Å². The molecule has 2 aliphatic heterocycles. The lowest BCUT2D eigenvalue weighted by Gasteiger charge is -2.20. The fourth-order valence-corrected chi connectivity index (χ4v) is 4.49. The van der Waals surface area contributed by atoms with Crippen molar-refractivity contribution in [3.05, 3.63) is 11.7 Å². The first-order valence-corrected chi connectivity index (χ1v) is 8.06. The standard InChI is InChI=1S/C10H14N4O2S2/c15-8-4-11-6(3-12-8)10-13-9(14-16-10)7-5-17-1-2-18-7/h6-7,11H,1-5H2,(H,12,15). The van der Waals surface area contributed by atoms with E-state index in [1.807, 2.05) is 23.5 Å². The number of hydrogen-bond donors (Lipinski definition) is 2. The van der Waals surface area contributed by atoms with Gasteiger partial charge in [-0.25, -0.2) is 0 Å². The lowest BCUT2D eigenvalue weighted by molar-refractivity contribution is -0.121. The number of piperazine rings is 1. The van der Waals surface area contributed by atoms with E-state index in [-0.39, 0.29) is 11.9 Å². The first-order chi connectivity index (χ1) is 8.83. The Kier molecular flexibility index (Phi) is 3.76. The van der Waals surface area contributed by atoms with E-state index in [0.717, 1.165) is 17.3 Å². The predicted octanol–water partition coefficient (Wildman–Crippen LogP) is 0.351. The molecule has 6 nitrogen and oxygen atoms in total. The molecule has 0 saturated carbocycles. The molecule has 0 spiro atoms. The highest BCUT2D eigenvalue weighted by Crippen LogP contribution is 2.35. The molecule has 2 fully saturated rings. The number of thioether (sulfide) groups is 2. The van der Waals surface area contributed by atoms with Gasteiger partial charge in [0.1, 0.15) is 6.04 Å². The lowest BCUT2D eigenvalue weighted by atomic mass is 10.2. The third-order valence-corrected chi connectivity index (χ3v) is 5.62. The van der Waals surface area contributed by atoms with Crippen molar-refractivity contribution in [2.75, 3.05) is 30.3 Å². The number of carbonyl (C=O) groups excluding carboxylic acids is 1. The molecular weight excluding hydrogens is 272 g/mol. The summed E-state index contributed by atoms with van der Waals surface area (Å²) in [5.41, 5.74) is 0. The largest absolute Gasteiger partial charge is 0.353 e. The number of hydrogen-bond acceptors (Lipinski definition) is 7. The maximum Gasteiger partial charge on any atom is 0.245 e. The molecule has 0 aromatic carbocycles. The smallest absolute Gasteiger partial charge is 0.245 e. The molecule has 8 heteroatoms. The van der Waals surface area contributed by atoms with Gasteiger partial charge in [-0.3, -0.25) is 10.1 Å². The van der Waals surface area contributed by atoms with Crippen LogP contribution in [0, 0.1) is 0 Å². The molecule has 1 aromatic rings. The Morgan fingerprint density at radius 2 is 2.33 bits per heavy atom. The van der Waals surface area contributed by atoms with Crippen LogP contribution in [0.25, 0.3) is 0 Å². The zero-order valence-electron chi connectivity index (χ0n) is 9.72. The van der Waals surface area contributed by atoms with E-state index in [9.17, 15) is 4.79 Å². The first-order valence-electron chi connectivity index (χ1n) is 5.86. The third kappa shape index (κ3) is 2.65. The van der Waals surface area contributed by atoms with Gasteiger partial charge < -0.3 is 9.84 Å². The molecule has 1 amide bonds. The van der Waals surface area contributed by atoms with E-state index in [0.29, 0.717) is 24.2 Å². The van der Waals surface area contributed by atoms with Gasteiger partial charge in [0.15, 0.2) is 5.82 Å². The van der Waals surface area contributed by atoms with Crippen LogP contribution < -0.4 is 10.6 Å². The quantitative estimate of drug-likeness (QED) is 0.812. The number of carbonyl (C=O) groups is 1. The number of amides is 1. The average molecular weight is 286 g/mol. The monoisotopic (exact) mass is 286 g/mol. The summed E-state index contributed by atoms with van der Waals surface area (Å²) in [6, 6.07) is -0.0646. The number of nitrogens with one attached hydrogen (secondary N) is 2. The van der Waals surface area contributed by atoms with Crippen LogP contribution in [-0.4, -0.2) is 46.4 Å². The molecule has 2 unspecified atom stereocenters. The third-order valence-electron chi connectivity index (χ3n) is 2.87. The Bertz CT molecular complexity index is 423. The molecule has 0 bridgehead atoms. The van der Waals surface area contributed by atoms with Crippen molar-refractivity contribution in [1.29, 1.82) is 0 Å². The van der Waals surface area contributed by atoms with Crippen molar-refractivity contribution in [2.24, 2.45) is 0 Å². The Morgan fingerprint density at radius 3 is 3.06 bits per heavy atom. The van der Waals surface area contributed by atoms with Crippen molar-refractivity contribution >= 4 is 29.4 Å². The molecule has 1 aromatic heterocycles. The van der Waals surface area contributed by atoms with Crippen LogP contribution in [0.4, 0.5) is 0 Å². The van der Waals surface area contributed by atoms with Gasteiger partial charge in [-0.05, 0) is 0 Å². The van der Waals surface area contributed by atoms with Crippen LogP contribution in [0.15, 0.2) is 4.52 Å². The van der Waals surface area contributed by atoms with E-state index in [1.54, 1.807) is 0 Å². The SMILES string of the molecule is O=C1CNC(c2nc(C3CSCCS3)no2)CN1. The highest BCUT2D eigenvalue weighted by Gasteiger charge is 2.27. The van der Waals surface area contributed by atoms with Crippen LogP contribution in [0.5, 0.6) is 0 Å². The van der Waals surface area contributed by atoms with Crippen LogP contribution in [0.2, 0.25) is 0 Å². The van der Waals surface area contributed by atoms with Crippen LogP contribution in [0.1, 0.15) is 23.0 Å². The summed E-state index contributed by atoms with van der Waals surface area (Å²) < 4.78 is 5.30. The van der Waals surface area contributed by atoms with E-state index in [4.69, 9.17) is 4.52 Å². The lowest BCUT2D eigenvalue weighted by Crippen LogP contribution is -2.47. The molecule has 98 valence electrons. The fourth-order valence-electron chi connectivity index (χ4n) is 1.90. The maximum absolute atomic E-state index is 11.0. The molecule has 3 heterocycles. The number of aromatic nitrogens is 2. The minimum Gasteiger partial charge on any atom is -0.353 e. The van der Waals surface area contributed by atoms with Gasteiger partial charge in [0, 0.05) is 23.8 Å². The molecule has 2 atom stereocenters. The Hall–Kier alpha value is -0.730. The summed E-state index contributed by atoms with van der Waals surface area (Å²) in [7, 11) is 0. The van der Waals surface area contributed by atoms with Gasteiger partial charge >= 0.3 is 0 Å². The molecular formula is C10H14N4O2S2. The Balaban J connectivity index is 1.67. The van der Waals surface area contributed by atoms with Crippen molar-refractivity contribution in [3.8, 4) is 0 Å². The maximum atomic E-state index is 11.0. The van der Waals surface area contributed by atoms with Crippen molar-refractivity contribution in [2.45, 2.75) is 11.3 Å². The Morgan fingerprint density at radius 1 is 1.39 bits per heavy atom. The van der Waals surface area contributed by atoms with Crippen molar-refractivity contribution < 1.29 is 9.32 Å². The second kappa shape index (κ2) is 5.50. The minimum atomic E-state index is -0.0646. The van der Waals surface area contributed by atoms with Gasteiger partial charge in [-0.15, -0.1) is 11.8 Å². The van der Waals surface area contributed by atoms with Crippen LogP contribution in [-0.2, 0) is 4.79 Å². The molecule has 0 aliphatic carbocycles. The fraction of sp³-hybridized carbons (Fsp3) is 0.700. The second-order valence-electron chi connectivity index (χ2n) is 4.16. The van der Waals surface area contributed by atoms with Gasteiger partial charge in [0.05, 0.1) is 11.8 Å². The van der Waals surface area contributed by atoms with E-state index in [1.165, 1.54) is 5.75 Å². The van der Waals surface area contributed by atoms with Crippen molar-refractivity contribution in [3.63, 3.8) is 0 Å². The molecule has 3 rings (SSSR count). The van der Waals surface area contributed by atoms with E-state index in [2.05, 4.69) is 20.8 Å². The minimum absolute atomic E-state index is 0.00484. The molecule has 2 saturated heterocycles. The highest BCUT2D eigenvalue weighted by molar-refractivity contribution is 8.06. The molecule has 2 N–H and O–H groups in total. The number of rotatable bonds is 2. The van der Waals surface area contributed by atoms with Crippen molar-refractivity contribution in [1.82, 2.24) is 20.8 Å². The summed E-state index contributed by atoms with van der Waals surface area (Å²) in [5.74, 6) is 4.73. The topological polar surface area (TPSA) is 80.1 Å². The summed E-state index contributed by atoms with van der Waals surface area (Å²) in [6.07, 6.45) is 0. The molecule has 2 aliphatic rings. The van der Waals surface area contributed by atoms with Crippen LogP contribution >= 0.6 is 23.5 Å². The van der Waals surface area contributed by atoms with E-state index >= 15 is 0 Å². The first kappa shape index (κ1) is 12.3. The van der Waals surface area contributed by atoms with Gasteiger partial charge in [0.2, 0.25) is 11.8 Å². The average Bonchev–Trinajstić information content (AvgIpc) is 2.90. The predicted molar refractivity (Wildman–Crippen MR) is 70.6 cm³/mol. The summed E-state index contributed by atoms with van der Waals surface area (Å²) >= 11 is 3.81. The van der Waals surface area contributed by atoms with Crippen LogP contribution in [0.3, 0.4) is 0 Å². The van der Waals surface area contributed by atoms with Gasteiger partial charge in [-0.2, -0.15) is 16.7 Å². The summed E-state index contributed by atoms with van der Waals surface area (Å²) in [4.78, 5) is 15.5. The number of nitrogens with zero attached hydrogens (tertiary/aromatic N) is 2. The normalized spacial score (nSPS) is 29.0. The second-order valence-corrected chi connectivity index (χ2v) is 6.62. The highest BCUT2D eigenvalue weighted by atomic mass is 32.2.